The fourth-order valence-corrected chi connectivity index (χ4v) is 5.55. The molecule has 38 heavy (non-hydrogen) atoms. The van der Waals surface area contributed by atoms with Gasteiger partial charge in [-0.2, -0.15) is 0 Å². The van der Waals surface area contributed by atoms with Crippen molar-refractivity contribution >= 4 is 34.5 Å². The van der Waals surface area contributed by atoms with Gasteiger partial charge < -0.3 is 19.6 Å². The number of piperidine rings is 1. The minimum Gasteiger partial charge on any atom is -0.507 e. The van der Waals surface area contributed by atoms with Crippen LogP contribution in [-0.4, -0.2) is 55.1 Å². The number of rotatable bonds is 4. The Balaban J connectivity index is 1.43. The molecular formula is C30H30N4O4. The molecule has 1 atom stereocenters. The highest BCUT2D eigenvalue weighted by Gasteiger charge is 2.47. The number of carbonyl (C=O) groups excluding carboxylic acids is 2. The summed E-state index contributed by atoms with van der Waals surface area (Å²) in [6.45, 7) is 3.32. The molecule has 2 fully saturated rings. The van der Waals surface area contributed by atoms with Gasteiger partial charge >= 0.3 is 0 Å². The van der Waals surface area contributed by atoms with Crippen LogP contribution in [0.3, 0.4) is 0 Å². The summed E-state index contributed by atoms with van der Waals surface area (Å²) >= 11 is 0. The SMILES string of the molecule is CN1CCOc2ccc(/C(O)=C3/C(=O)C(=O)N(c4ccc(N5CCCCC5)cc4)C3c3ccccn3)cc21. The molecule has 0 bridgehead atoms. The van der Waals surface area contributed by atoms with Gasteiger partial charge in [0.2, 0.25) is 0 Å². The van der Waals surface area contributed by atoms with Crippen LogP contribution in [0, 0.1) is 0 Å². The first kappa shape index (κ1) is 24.0. The van der Waals surface area contributed by atoms with Crippen molar-refractivity contribution in [3.8, 4) is 5.75 Å². The molecule has 2 saturated heterocycles. The highest BCUT2D eigenvalue weighted by atomic mass is 16.5. The standard InChI is InChI=1S/C30H30N4O4/c1-32-17-18-38-25-13-8-20(19-24(25)32)28(35)26-27(23-7-3-4-14-31-23)34(30(37)29(26)36)22-11-9-21(10-12-22)33-15-5-2-6-16-33/h3-4,7-14,19,27,35H,2,5-6,15-18H2,1H3/b28-26-. The number of hydrogen-bond donors (Lipinski definition) is 1. The van der Waals surface area contributed by atoms with Crippen molar-refractivity contribution in [3.05, 3.63) is 83.7 Å². The van der Waals surface area contributed by atoms with Crippen molar-refractivity contribution in [1.82, 2.24) is 4.98 Å². The molecule has 0 saturated carbocycles. The topological polar surface area (TPSA) is 86.2 Å². The van der Waals surface area contributed by atoms with Gasteiger partial charge in [-0.15, -0.1) is 0 Å². The number of aliphatic hydroxyl groups is 1. The summed E-state index contributed by atoms with van der Waals surface area (Å²) in [6.07, 6.45) is 5.21. The molecule has 0 aliphatic carbocycles. The molecule has 1 N–H and O–H groups in total. The monoisotopic (exact) mass is 510 g/mol. The van der Waals surface area contributed by atoms with E-state index < -0.39 is 17.7 Å². The number of hydrogen-bond acceptors (Lipinski definition) is 7. The number of nitrogens with zero attached hydrogens (tertiary/aromatic N) is 4. The number of ketones is 1. The number of fused-ring (bicyclic) bond motifs is 1. The Bertz CT molecular complexity index is 1400. The summed E-state index contributed by atoms with van der Waals surface area (Å²) in [5.41, 5.74) is 3.47. The van der Waals surface area contributed by atoms with Crippen LogP contribution in [0.1, 0.15) is 36.6 Å². The average molecular weight is 511 g/mol. The van der Waals surface area contributed by atoms with Gasteiger partial charge in [0.25, 0.3) is 11.7 Å². The van der Waals surface area contributed by atoms with E-state index in [1.165, 1.54) is 24.2 Å². The zero-order chi connectivity index (χ0) is 26.2. The minimum absolute atomic E-state index is 0.0214. The van der Waals surface area contributed by atoms with Crippen molar-refractivity contribution in [2.75, 3.05) is 48.0 Å². The quantitative estimate of drug-likeness (QED) is 0.314. The van der Waals surface area contributed by atoms with Crippen LogP contribution in [0.2, 0.25) is 0 Å². The molecule has 8 heteroatoms. The number of aromatic nitrogens is 1. The number of anilines is 3. The number of carbonyl (C=O) groups is 2. The molecule has 3 aliphatic heterocycles. The second-order valence-corrected chi connectivity index (χ2v) is 9.94. The van der Waals surface area contributed by atoms with Crippen molar-refractivity contribution in [3.63, 3.8) is 0 Å². The van der Waals surface area contributed by atoms with E-state index in [9.17, 15) is 14.7 Å². The van der Waals surface area contributed by atoms with Gasteiger partial charge in [-0.05, 0) is 73.9 Å². The Morgan fingerprint density at radius 3 is 2.45 bits per heavy atom. The number of likely N-dealkylation sites (N-methyl/N-ethyl adjacent to an activating group) is 1. The Hall–Kier alpha value is -4.33. The first-order valence-corrected chi connectivity index (χ1v) is 13.1. The second-order valence-electron chi connectivity index (χ2n) is 9.94. The van der Waals surface area contributed by atoms with Crippen molar-refractivity contribution in [1.29, 1.82) is 0 Å². The summed E-state index contributed by atoms with van der Waals surface area (Å²) in [6, 6.07) is 17.5. The normalized spacial score (nSPS) is 20.9. The maximum atomic E-state index is 13.5. The lowest BCUT2D eigenvalue weighted by Crippen LogP contribution is -2.31. The molecule has 0 spiro atoms. The fraction of sp³-hybridized carbons (Fsp3) is 0.300. The van der Waals surface area contributed by atoms with Crippen LogP contribution in [0.25, 0.3) is 5.76 Å². The maximum Gasteiger partial charge on any atom is 0.300 e. The van der Waals surface area contributed by atoms with Crippen molar-refractivity contribution in [2.45, 2.75) is 25.3 Å². The van der Waals surface area contributed by atoms with Gasteiger partial charge in [-0.1, -0.05) is 6.07 Å². The number of Topliss-reactive ketones (excluding diaryl/α,β-unsaturated/α-hetero) is 1. The number of ether oxygens (including phenoxy) is 1. The summed E-state index contributed by atoms with van der Waals surface area (Å²) in [4.78, 5) is 37.2. The van der Waals surface area contributed by atoms with Gasteiger partial charge in [-0.3, -0.25) is 19.5 Å². The molecule has 194 valence electrons. The lowest BCUT2D eigenvalue weighted by atomic mass is 9.97. The van der Waals surface area contributed by atoms with E-state index in [-0.39, 0.29) is 11.3 Å². The molecule has 3 aromatic rings. The molecular weight excluding hydrogens is 480 g/mol. The average Bonchev–Trinajstić information content (AvgIpc) is 3.23. The second kappa shape index (κ2) is 9.85. The van der Waals surface area contributed by atoms with Gasteiger partial charge in [0, 0.05) is 43.3 Å². The lowest BCUT2D eigenvalue weighted by molar-refractivity contribution is -0.132. The first-order valence-electron chi connectivity index (χ1n) is 13.1. The molecule has 2 aromatic carbocycles. The first-order chi connectivity index (χ1) is 18.5. The van der Waals surface area contributed by atoms with Crippen LogP contribution in [0.4, 0.5) is 17.1 Å². The molecule has 3 aliphatic rings. The van der Waals surface area contributed by atoms with Crippen LogP contribution in [0.5, 0.6) is 5.75 Å². The minimum atomic E-state index is -0.859. The third-order valence-corrected chi connectivity index (χ3v) is 7.59. The molecule has 0 radical (unpaired) electrons. The zero-order valence-electron chi connectivity index (χ0n) is 21.3. The fourth-order valence-electron chi connectivity index (χ4n) is 5.55. The van der Waals surface area contributed by atoms with E-state index in [0.717, 1.165) is 24.5 Å². The number of pyridine rings is 1. The summed E-state index contributed by atoms with van der Waals surface area (Å²) < 4.78 is 5.73. The van der Waals surface area contributed by atoms with Gasteiger partial charge in [0.1, 0.15) is 24.2 Å². The smallest absolute Gasteiger partial charge is 0.300 e. The van der Waals surface area contributed by atoms with Gasteiger partial charge in [-0.25, -0.2) is 0 Å². The third-order valence-electron chi connectivity index (χ3n) is 7.59. The maximum absolute atomic E-state index is 13.5. The largest absolute Gasteiger partial charge is 0.507 e. The Labute approximate surface area is 221 Å². The molecule has 4 heterocycles. The third kappa shape index (κ3) is 4.16. The molecule has 6 rings (SSSR count). The Kier molecular flexibility index (Phi) is 6.23. The van der Waals surface area contributed by atoms with Crippen LogP contribution >= 0.6 is 0 Å². The number of benzene rings is 2. The zero-order valence-corrected chi connectivity index (χ0v) is 21.3. The highest BCUT2D eigenvalue weighted by molar-refractivity contribution is 6.51. The van der Waals surface area contributed by atoms with Crippen LogP contribution in [-0.2, 0) is 9.59 Å². The van der Waals surface area contributed by atoms with Gasteiger partial charge in [0.05, 0.1) is 23.5 Å². The van der Waals surface area contributed by atoms with Gasteiger partial charge in [0.15, 0.2) is 0 Å². The Morgan fingerprint density at radius 1 is 0.947 bits per heavy atom. The summed E-state index contributed by atoms with van der Waals surface area (Å²) in [5, 5.41) is 11.5. The van der Waals surface area contributed by atoms with Crippen LogP contribution in [0.15, 0.2) is 72.4 Å². The predicted molar refractivity (Wildman–Crippen MR) is 147 cm³/mol. The van der Waals surface area contributed by atoms with Crippen molar-refractivity contribution in [2.24, 2.45) is 0 Å². The Morgan fingerprint density at radius 2 is 1.71 bits per heavy atom. The molecule has 1 aromatic heterocycles. The van der Waals surface area contributed by atoms with E-state index in [0.29, 0.717) is 35.8 Å². The summed E-state index contributed by atoms with van der Waals surface area (Å²) in [5.74, 6) is -0.939. The summed E-state index contributed by atoms with van der Waals surface area (Å²) in [7, 11) is 1.95. The van der Waals surface area contributed by atoms with Crippen molar-refractivity contribution < 1.29 is 19.4 Å². The molecule has 1 amide bonds. The van der Waals surface area contributed by atoms with E-state index >= 15 is 0 Å². The lowest BCUT2D eigenvalue weighted by Gasteiger charge is -2.30. The molecule has 8 nitrogen and oxygen atoms in total. The van der Waals surface area contributed by atoms with E-state index in [1.807, 2.05) is 42.3 Å². The highest BCUT2D eigenvalue weighted by Crippen LogP contribution is 2.43. The van der Waals surface area contributed by atoms with E-state index in [1.54, 1.807) is 36.5 Å². The number of amides is 1. The number of aliphatic hydroxyl groups excluding tert-OH is 1. The van der Waals surface area contributed by atoms with E-state index in [4.69, 9.17) is 4.74 Å². The van der Waals surface area contributed by atoms with Crippen LogP contribution < -0.4 is 19.4 Å². The van der Waals surface area contributed by atoms with E-state index in [2.05, 4.69) is 9.88 Å². The molecule has 1 unspecified atom stereocenters. The predicted octanol–water partition coefficient (Wildman–Crippen LogP) is 4.53.